The number of hydrogen-bond acceptors (Lipinski definition) is 10. The van der Waals surface area contributed by atoms with E-state index in [1.807, 2.05) is 11.0 Å². The number of methoxy groups -OCH3 is 1. The Kier molecular flexibility index (Phi) is 10.5. The first-order valence-corrected chi connectivity index (χ1v) is 13.1. The minimum absolute atomic E-state index is 0.00511. The van der Waals surface area contributed by atoms with E-state index in [0.717, 1.165) is 62.3 Å². The van der Waals surface area contributed by atoms with E-state index >= 15 is 0 Å². The molecule has 1 aliphatic rings. The van der Waals surface area contributed by atoms with Crippen LogP contribution in [-0.2, 0) is 17.8 Å². The van der Waals surface area contributed by atoms with Crippen molar-refractivity contribution in [3.8, 4) is 5.75 Å². The number of nitrogens with zero attached hydrogens (tertiary/aromatic N) is 4. The van der Waals surface area contributed by atoms with Gasteiger partial charge in [-0.1, -0.05) is 25.5 Å². The van der Waals surface area contributed by atoms with Crippen molar-refractivity contribution in [3.63, 3.8) is 0 Å². The van der Waals surface area contributed by atoms with Crippen molar-refractivity contribution in [1.29, 1.82) is 0 Å². The van der Waals surface area contributed by atoms with Crippen molar-refractivity contribution < 1.29 is 14.6 Å². The molecular formula is C27H43N7O3. The van der Waals surface area contributed by atoms with Crippen LogP contribution in [0.1, 0.15) is 63.3 Å². The monoisotopic (exact) mass is 513 g/mol. The molecule has 2 aromatic rings. The van der Waals surface area contributed by atoms with Gasteiger partial charge in [0, 0.05) is 44.1 Å². The molecule has 1 fully saturated rings. The number of nitrogens with two attached hydrogens (primary N) is 2. The molecule has 2 heterocycles. The Hall–Kier alpha value is -2.95. The molecule has 0 radical (unpaired) electrons. The predicted molar refractivity (Wildman–Crippen MR) is 149 cm³/mol. The lowest BCUT2D eigenvalue weighted by molar-refractivity contribution is -0.0630. The summed E-state index contributed by atoms with van der Waals surface area (Å²) < 4.78 is 11.5. The van der Waals surface area contributed by atoms with Gasteiger partial charge in [-0.25, -0.2) is 4.98 Å². The Morgan fingerprint density at radius 2 is 2.11 bits per heavy atom. The molecule has 0 saturated carbocycles. The van der Waals surface area contributed by atoms with E-state index in [9.17, 15) is 5.11 Å². The van der Waals surface area contributed by atoms with Crippen LogP contribution >= 0.6 is 0 Å². The van der Waals surface area contributed by atoms with Crippen LogP contribution in [0.3, 0.4) is 0 Å². The van der Waals surface area contributed by atoms with Gasteiger partial charge in [-0.05, 0) is 44.7 Å². The van der Waals surface area contributed by atoms with E-state index in [-0.39, 0.29) is 18.2 Å². The SMILES string of the molecule is CCCCN(CCO)c1nc(N)nc(C=NCc2ccc(CNC3CCOC(C)(C)C3)cc2OC)c1N. The van der Waals surface area contributed by atoms with Gasteiger partial charge in [0.05, 0.1) is 25.9 Å². The number of rotatable bonds is 13. The second kappa shape index (κ2) is 13.6. The number of nitrogens with one attached hydrogen (secondary N) is 1. The predicted octanol–water partition coefficient (Wildman–Crippen LogP) is 2.91. The van der Waals surface area contributed by atoms with E-state index < -0.39 is 0 Å². The zero-order valence-electron chi connectivity index (χ0n) is 22.7. The Morgan fingerprint density at radius 3 is 2.81 bits per heavy atom. The first kappa shape index (κ1) is 28.6. The summed E-state index contributed by atoms with van der Waals surface area (Å²) >= 11 is 0. The highest BCUT2D eigenvalue weighted by molar-refractivity contribution is 5.89. The molecule has 10 nitrogen and oxygen atoms in total. The number of hydrogen-bond donors (Lipinski definition) is 4. The summed E-state index contributed by atoms with van der Waals surface area (Å²) in [4.78, 5) is 15.1. The summed E-state index contributed by atoms with van der Waals surface area (Å²) in [5.41, 5.74) is 15.2. The molecule has 204 valence electrons. The number of benzene rings is 1. The lowest BCUT2D eigenvalue weighted by Gasteiger charge is -2.36. The standard InChI is InChI=1S/C27H43N7O3/c1-5-6-10-34(11-12-35)25-24(28)22(32-26(29)33-25)18-30-17-20-8-7-19(14-23(20)36-4)16-31-21-9-13-37-27(2,3)15-21/h7-8,14,18,21,31,35H,5-6,9-13,15-17,28H2,1-4H3,(H2,29,32,33). The maximum atomic E-state index is 9.48. The van der Waals surface area contributed by atoms with Crippen LogP contribution in [0.2, 0.25) is 0 Å². The fourth-order valence-electron chi connectivity index (χ4n) is 4.55. The third kappa shape index (κ3) is 8.28. The van der Waals surface area contributed by atoms with Crippen molar-refractivity contribution in [2.24, 2.45) is 4.99 Å². The maximum absolute atomic E-state index is 9.48. The summed E-state index contributed by atoms with van der Waals surface area (Å²) in [6.45, 7) is 9.48. The van der Waals surface area contributed by atoms with Crippen molar-refractivity contribution in [2.45, 2.75) is 71.2 Å². The number of ether oxygens (including phenoxy) is 2. The zero-order chi connectivity index (χ0) is 26.8. The second-order valence-electron chi connectivity index (χ2n) is 10.1. The Balaban J connectivity index is 1.68. The Morgan fingerprint density at radius 1 is 1.30 bits per heavy atom. The molecule has 1 aromatic carbocycles. The topological polar surface area (TPSA) is 144 Å². The van der Waals surface area contributed by atoms with Crippen LogP contribution in [0.15, 0.2) is 23.2 Å². The number of unbranched alkanes of at least 4 members (excludes halogenated alkanes) is 1. The molecule has 1 saturated heterocycles. The summed E-state index contributed by atoms with van der Waals surface area (Å²) in [5.74, 6) is 1.43. The van der Waals surface area contributed by atoms with Crippen molar-refractivity contribution in [1.82, 2.24) is 15.3 Å². The molecule has 0 aliphatic carbocycles. The highest BCUT2D eigenvalue weighted by Gasteiger charge is 2.28. The Bertz CT molecular complexity index is 1040. The lowest BCUT2D eigenvalue weighted by atomic mass is 9.94. The number of anilines is 3. The van der Waals surface area contributed by atoms with Gasteiger partial charge in [0.2, 0.25) is 5.95 Å². The molecule has 1 aliphatic heterocycles. The molecule has 6 N–H and O–H groups in total. The fourth-order valence-corrected chi connectivity index (χ4v) is 4.55. The number of aromatic nitrogens is 2. The van der Waals surface area contributed by atoms with Crippen molar-refractivity contribution >= 4 is 23.7 Å². The maximum Gasteiger partial charge on any atom is 0.222 e. The molecule has 1 atom stereocenters. The first-order chi connectivity index (χ1) is 17.8. The molecule has 1 unspecified atom stereocenters. The zero-order valence-corrected chi connectivity index (χ0v) is 22.7. The highest BCUT2D eigenvalue weighted by Crippen LogP contribution is 2.26. The first-order valence-electron chi connectivity index (χ1n) is 13.1. The van der Waals surface area contributed by atoms with Crippen LogP contribution in [-0.4, -0.2) is 66.3 Å². The number of nitrogen functional groups attached to an aromatic ring is 2. The van der Waals surface area contributed by atoms with Gasteiger partial charge in [0.25, 0.3) is 0 Å². The number of aliphatic hydroxyl groups excluding tert-OH is 1. The van der Waals surface area contributed by atoms with Crippen molar-refractivity contribution in [2.75, 3.05) is 49.8 Å². The highest BCUT2D eigenvalue weighted by atomic mass is 16.5. The van der Waals surface area contributed by atoms with Gasteiger partial charge in [-0.2, -0.15) is 4.98 Å². The molecular weight excluding hydrogens is 470 g/mol. The second-order valence-corrected chi connectivity index (χ2v) is 10.1. The molecule has 0 spiro atoms. The van der Waals surface area contributed by atoms with Crippen molar-refractivity contribution in [3.05, 3.63) is 35.0 Å². The summed E-state index contributed by atoms with van der Waals surface area (Å²) in [6, 6.07) is 6.63. The molecule has 1 aromatic heterocycles. The van der Waals surface area contributed by atoms with Crippen LogP contribution in [0.25, 0.3) is 0 Å². The van der Waals surface area contributed by atoms with Gasteiger partial charge in [0.15, 0.2) is 5.82 Å². The summed E-state index contributed by atoms with van der Waals surface area (Å²) in [5, 5.41) is 13.1. The third-order valence-electron chi connectivity index (χ3n) is 6.54. The van der Waals surface area contributed by atoms with E-state index in [2.05, 4.69) is 53.2 Å². The smallest absolute Gasteiger partial charge is 0.222 e. The molecule has 0 bridgehead atoms. The number of aliphatic imine (C=N–C) groups is 1. The Labute approximate surface area is 220 Å². The largest absolute Gasteiger partial charge is 0.496 e. The third-order valence-corrected chi connectivity index (χ3v) is 6.54. The normalized spacial score (nSPS) is 17.3. The van der Waals surface area contributed by atoms with Crippen LogP contribution in [0, 0.1) is 0 Å². The van der Waals surface area contributed by atoms with Gasteiger partial charge < -0.3 is 36.3 Å². The van der Waals surface area contributed by atoms with E-state index in [4.69, 9.17) is 20.9 Å². The van der Waals surface area contributed by atoms with Crippen LogP contribution in [0.5, 0.6) is 5.75 Å². The fraction of sp³-hybridized carbons (Fsp3) is 0.593. The minimum Gasteiger partial charge on any atom is -0.496 e. The summed E-state index contributed by atoms with van der Waals surface area (Å²) in [7, 11) is 1.67. The van der Waals surface area contributed by atoms with E-state index in [0.29, 0.717) is 36.3 Å². The van der Waals surface area contributed by atoms with Gasteiger partial charge in [-0.15, -0.1) is 0 Å². The van der Waals surface area contributed by atoms with Gasteiger partial charge in [-0.3, -0.25) is 4.99 Å². The molecule has 10 heteroatoms. The minimum atomic E-state index is -0.0827. The van der Waals surface area contributed by atoms with Crippen LogP contribution < -0.4 is 26.4 Å². The van der Waals surface area contributed by atoms with Crippen LogP contribution in [0.4, 0.5) is 17.5 Å². The van der Waals surface area contributed by atoms with Gasteiger partial charge >= 0.3 is 0 Å². The van der Waals surface area contributed by atoms with Gasteiger partial charge in [0.1, 0.15) is 17.1 Å². The quantitative estimate of drug-likeness (QED) is 0.297. The average molecular weight is 514 g/mol. The molecule has 0 amide bonds. The molecule has 37 heavy (non-hydrogen) atoms. The summed E-state index contributed by atoms with van der Waals surface area (Å²) in [6.07, 6.45) is 5.59. The molecule has 3 rings (SSSR count). The lowest BCUT2D eigenvalue weighted by Crippen LogP contribution is -2.43. The average Bonchev–Trinajstić information content (AvgIpc) is 2.87. The van der Waals surface area contributed by atoms with E-state index in [1.165, 1.54) is 0 Å². The van der Waals surface area contributed by atoms with E-state index in [1.54, 1.807) is 13.3 Å². The number of aliphatic hydroxyl groups is 1.